The lowest BCUT2D eigenvalue weighted by molar-refractivity contribution is 0.0936. The van der Waals surface area contributed by atoms with Gasteiger partial charge in [0.05, 0.1) is 6.54 Å². The second kappa shape index (κ2) is 8.18. The molecule has 0 atom stereocenters. The van der Waals surface area contributed by atoms with Crippen molar-refractivity contribution in [3.05, 3.63) is 68.4 Å². The van der Waals surface area contributed by atoms with Crippen LogP contribution in [-0.2, 0) is 6.54 Å². The van der Waals surface area contributed by atoms with Gasteiger partial charge in [0.25, 0.3) is 5.56 Å². The Morgan fingerprint density at radius 1 is 1.22 bits per heavy atom. The third-order valence-corrected chi connectivity index (χ3v) is 4.77. The molecule has 3 rings (SSSR count). The molecule has 2 heterocycles. The van der Waals surface area contributed by atoms with Crippen molar-refractivity contribution >= 4 is 17.2 Å². The van der Waals surface area contributed by atoms with Crippen LogP contribution in [0.3, 0.4) is 0 Å². The molecule has 0 unspecified atom stereocenters. The summed E-state index contributed by atoms with van der Waals surface area (Å²) in [5, 5.41) is 0. The fraction of sp³-hybridized carbons (Fsp3) is 0.350. The van der Waals surface area contributed by atoms with Crippen molar-refractivity contribution in [3.63, 3.8) is 0 Å². The molecule has 0 radical (unpaired) electrons. The molecule has 27 heavy (non-hydrogen) atoms. The molecular formula is C20H24N4O3. The van der Waals surface area contributed by atoms with Gasteiger partial charge in [-0.25, -0.2) is 4.79 Å². The molecule has 7 nitrogen and oxygen atoms in total. The number of nitrogens with zero attached hydrogens (tertiary/aromatic N) is 2. The van der Waals surface area contributed by atoms with Crippen LogP contribution in [-0.4, -0.2) is 39.9 Å². The third kappa shape index (κ3) is 4.09. The summed E-state index contributed by atoms with van der Waals surface area (Å²) < 4.78 is 1.25. The number of hydrogen-bond acceptors (Lipinski definition) is 5. The lowest BCUT2D eigenvalue weighted by Gasteiger charge is -2.26. The zero-order valence-electron chi connectivity index (χ0n) is 15.4. The zero-order chi connectivity index (χ0) is 19.4. The first kappa shape index (κ1) is 18.8. The standard InChI is InChI=1S/C20H24N4O3/c1-2-10-24-18(21)17(19(26)22-20(24)27)16(25)13-23-11-8-15(9-12-23)14-6-4-3-5-7-14/h3-8H,2,9-13,21H2,1H3,(H,22,26,27). The molecule has 1 aliphatic heterocycles. The lowest BCUT2D eigenvalue weighted by atomic mass is 9.99. The van der Waals surface area contributed by atoms with Crippen LogP contribution in [0.4, 0.5) is 5.82 Å². The normalized spacial score (nSPS) is 14.8. The van der Waals surface area contributed by atoms with Crippen LogP contribution in [0.2, 0.25) is 0 Å². The van der Waals surface area contributed by atoms with E-state index in [4.69, 9.17) is 5.73 Å². The van der Waals surface area contributed by atoms with Gasteiger partial charge < -0.3 is 5.73 Å². The van der Waals surface area contributed by atoms with Crippen LogP contribution >= 0.6 is 0 Å². The van der Waals surface area contributed by atoms with Crippen molar-refractivity contribution in [3.8, 4) is 0 Å². The molecular weight excluding hydrogens is 344 g/mol. The fourth-order valence-electron chi connectivity index (χ4n) is 3.35. The maximum atomic E-state index is 12.7. The van der Waals surface area contributed by atoms with Crippen molar-refractivity contribution < 1.29 is 4.79 Å². The highest BCUT2D eigenvalue weighted by atomic mass is 16.2. The molecule has 7 heteroatoms. The molecule has 142 valence electrons. The van der Waals surface area contributed by atoms with E-state index in [0.717, 1.165) is 13.0 Å². The Kier molecular flexibility index (Phi) is 5.71. The van der Waals surface area contributed by atoms with Gasteiger partial charge in [0.2, 0.25) is 0 Å². The second-order valence-electron chi connectivity index (χ2n) is 6.67. The van der Waals surface area contributed by atoms with Crippen molar-refractivity contribution in [1.82, 2.24) is 14.5 Å². The van der Waals surface area contributed by atoms with Crippen LogP contribution in [0.25, 0.3) is 5.57 Å². The number of benzene rings is 1. The first-order chi connectivity index (χ1) is 13.0. The van der Waals surface area contributed by atoms with Crippen LogP contribution in [0, 0.1) is 0 Å². The number of nitrogen functional groups attached to an aromatic ring is 1. The van der Waals surface area contributed by atoms with Gasteiger partial charge in [0.15, 0.2) is 5.78 Å². The number of carbonyl (C=O) groups excluding carboxylic acids is 1. The van der Waals surface area contributed by atoms with Gasteiger partial charge in [-0.15, -0.1) is 0 Å². The van der Waals surface area contributed by atoms with Crippen LogP contribution in [0.15, 0.2) is 46.0 Å². The number of ketones is 1. The zero-order valence-corrected chi connectivity index (χ0v) is 15.4. The summed E-state index contributed by atoms with van der Waals surface area (Å²) >= 11 is 0. The van der Waals surface area contributed by atoms with E-state index in [1.54, 1.807) is 0 Å². The second-order valence-corrected chi connectivity index (χ2v) is 6.67. The molecule has 1 aliphatic rings. The first-order valence-electron chi connectivity index (χ1n) is 9.13. The van der Waals surface area contributed by atoms with E-state index in [2.05, 4.69) is 23.2 Å². The molecule has 0 aliphatic carbocycles. The van der Waals surface area contributed by atoms with Crippen LogP contribution in [0.5, 0.6) is 0 Å². The Balaban J connectivity index is 1.75. The average Bonchev–Trinajstić information content (AvgIpc) is 2.66. The molecule has 3 N–H and O–H groups in total. The summed E-state index contributed by atoms with van der Waals surface area (Å²) in [4.78, 5) is 40.9. The maximum Gasteiger partial charge on any atom is 0.329 e. The Morgan fingerprint density at radius 2 is 1.96 bits per heavy atom. The minimum Gasteiger partial charge on any atom is -0.384 e. The predicted molar refractivity (Wildman–Crippen MR) is 106 cm³/mol. The number of carbonyl (C=O) groups is 1. The van der Waals surface area contributed by atoms with Crippen molar-refractivity contribution in [2.75, 3.05) is 25.4 Å². The van der Waals surface area contributed by atoms with Crippen molar-refractivity contribution in [2.45, 2.75) is 26.3 Å². The molecule has 0 amide bonds. The molecule has 1 aromatic carbocycles. The highest BCUT2D eigenvalue weighted by molar-refractivity contribution is 6.01. The summed E-state index contributed by atoms with van der Waals surface area (Å²) in [5.41, 5.74) is 7.00. The third-order valence-electron chi connectivity index (χ3n) is 4.77. The van der Waals surface area contributed by atoms with E-state index in [-0.39, 0.29) is 23.7 Å². The van der Waals surface area contributed by atoms with Crippen molar-refractivity contribution in [2.24, 2.45) is 0 Å². The van der Waals surface area contributed by atoms with Crippen LogP contribution in [0.1, 0.15) is 35.7 Å². The summed E-state index contributed by atoms with van der Waals surface area (Å²) in [5.74, 6) is -0.414. The number of nitrogens with one attached hydrogen (secondary N) is 1. The van der Waals surface area contributed by atoms with E-state index < -0.39 is 11.2 Å². The minimum absolute atomic E-state index is 0.0480. The first-order valence-corrected chi connectivity index (χ1v) is 9.13. The lowest BCUT2D eigenvalue weighted by Crippen LogP contribution is -2.40. The number of rotatable bonds is 6. The highest BCUT2D eigenvalue weighted by Gasteiger charge is 2.22. The Labute approximate surface area is 157 Å². The SMILES string of the molecule is CCCn1c(N)c(C(=O)CN2CC=C(c3ccccc3)CC2)c(=O)[nH]c1=O. The molecule has 2 aromatic rings. The van der Waals surface area contributed by atoms with Crippen molar-refractivity contribution in [1.29, 1.82) is 0 Å². The van der Waals surface area contributed by atoms with Gasteiger partial charge in [-0.3, -0.25) is 24.0 Å². The van der Waals surface area contributed by atoms with Gasteiger partial charge in [0.1, 0.15) is 11.4 Å². The van der Waals surface area contributed by atoms with E-state index in [9.17, 15) is 14.4 Å². The predicted octanol–water partition coefficient (Wildman–Crippen LogP) is 1.50. The van der Waals surface area contributed by atoms with Gasteiger partial charge in [-0.1, -0.05) is 43.3 Å². The average molecular weight is 368 g/mol. The number of Topliss-reactive ketones (excluding diaryl/α,β-unsaturated/α-hetero) is 1. The Hall–Kier alpha value is -2.93. The summed E-state index contributed by atoms with van der Waals surface area (Å²) in [6, 6.07) is 10.1. The number of aromatic nitrogens is 2. The maximum absolute atomic E-state index is 12.7. The quantitative estimate of drug-likeness (QED) is 0.753. The molecule has 1 aromatic heterocycles. The van der Waals surface area contributed by atoms with E-state index >= 15 is 0 Å². The summed E-state index contributed by atoms with van der Waals surface area (Å²) in [6.45, 7) is 3.69. The fourth-order valence-corrected chi connectivity index (χ4v) is 3.35. The Bertz CT molecular complexity index is 973. The molecule has 0 bridgehead atoms. The highest BCUT2D eigenvalue weighted by Crippen LogP contribution is 2.22. The minimum atomic E-state index is -0.715. The number of nitrogens with two attached hydrogens (primary N) is 1. The van der Waals surface area contributed by atoms with Gasteiger partial charge in [-0.05, 0) is 24.0 Å². The number of anilines is 1. The monoisotopic (exact) mass is 368 g/mol. The van der Waals surface area contributed by atoms with E-state index in [1.807, 2.05) is 30.0 Å². The summed E-state index contributed by atoms with van der Waals surface area (Å²) in [7, 11) is 0. The van der Waals surface area contributed by atoms with E-state index in [0.29, 0.717) is 19.5 Å². The number of H-pyrrole nitrogens is 1. The number of aromatic amines is 1. The van der Waals surface area contributed by atoms with Gasteiger partial charge in [-0.2, -0.15) is 0 Å². The molecule has 0 saturated carbocycles. The van der Waals surface area contributed by atoms with Gasteiger partial charge in [0, 0.05) is 19.6 Å². The van der Waals surface area contributed by atoms with Crippen LogP contribution < -0.4 is 17.0 Å². The van der Waals surface area contributed by atoms with E-state index in [1.165, 1.54) is 15.7 Å². The molecule has 0 saturated heterocycles. The largest absolute Gasteiger partial charge is 0.384 e. The topological polar surface area (TPSA) is 101 Å². The smallest absolute Gasteiger partial charge is 0.329 e. The summed E-state index contributed by atoms with van der Waals surface area (Å²) in [6.07, 6.45) is 3.61. The molecule has 0 spiro atoms. The Morgan fingerprint density at radius 3 is 2.59 bits per heavy atom. The van der Waals surface area contributed by atoms with Gasteiger partial charge >= 0.3 is 5.69 Å². The molecule has 0 fully saturated rings. The number of hydrogen-bond donors (Lipinski definition) is 2.